The predicted octanol–water partition coefficient (Wildman–Crippen LogP) is 1.17. The average molecular weight is 200 g/mol. The summed E-state index contributed by atoms with van der Waals surface area (Å²) in [5.41, 5.74) is 0. The maximum atomic E-state index is 3.47. The monoisotopic (exact) mass is 200 g/mol. The molecule has 3 unspecified atom stereocenters. The molecule has 0 saturated carbocycles. The Morgan fingerprint density at radius 2 is 1.92 bits per heavy atom. The molecule has 2 nitrogen and oxygen atoms in total. The Bertz CT molecular complexity index is 160. The summed E-state index contributed by atoms with van der Waals surface area (Å²) in [4.78, 5) is 2.63. The van der Waals surface area contributed by atoms with Gasteiger partial charge < -0.3 is 5.32 Å². The fourth-order valence-corrected chi connectivity index (χ4v) is 3.64. The molecule has 2 heterocycles. The van der Waals surface area contributed by atoms with E-state index in [0.29, 0.717) is 0 Å². The molecule has 2 fully saturated rings. The highest BCUT2D eigenvalue weighted by atomic mass is 32.2. The van der Waals surface area contributed by atoms with Crippen molar-refractivity contribution in [1.82, 2.24) is 10.2 Å². The Kier molecular flexibility index (Phi) is 3.17. The van der Waals surface area contributed by atoms with Crippen LogP contribution in [0.4, 0.5) is 0 Å². The SMILES string of the molecule is CC1CN(CC2CCN2)CC(C)S1. The largest absolute Gasteiger partial charge is 0.313 e. The van der Waals surface area contributed by atoms with Crippen LogP contribution in [0.2, 0.25) is 0 Å². The Hall–Kier alpha value is 0.270. The van der Waals surface area contributed by atoms with Crippen molar-refractivity contribution in [3.05, 3.63) is 0 Å². The molecule has 0 bridgehead atoms. The molecule has 2 aliphatic rings. The van der Waals surface area contributed by atoms with Crippen molar-refractivity contribution in [2.45, 2.75) is 36.8 Å². The highest BCUT2D eigenvalue weighted by Gasteiger charge is 2.26. The summed E-state index contributed by atoms with van der Waals surface area (Å²) >= 11 is 2.14. The molecule has 0 aromatic heterocycles. The summed E-state index contributed by atoms with van der Waals surface area (Å²) in [6, 6.07) is 0.794. The molecule has 0 aromatic rings. The van der Waals surface area contributed by atoms with E-state index in [9.17, 15) is 0 Å². The third-order valence-corrected chi connectivity index (χ3v) is 4.13. The number of rotatable bonds is 2. The zero-order valence-corrected chi connectivity index (χ0v) is 9.44. The minimum Gasteiger partial charge on any atom is -0.313 e. The molecular formula is C10H20N2S. The molecule has 1 N–H and O–H groups in total. The second kappa shape index (κ2) is 4.20. The first-order chi connectivity index (χ1) is 6.24. The molecule has 3 heteroatoms. The van der Waals surface area contributed by atoms with Gasteiger partial charge in [-0.1, -0.05) is 13.8 Å². The Balaban J connectivity index is 1.77. The average Bonchev–Trinajstić information content (AvgIpc) is 1.95. The number of nitrogens with one attached hydrogen (secondary N) is 1. The lowest BCUT2D eigenvalue weighted by molar-refractivity contribution is 0.206. The number of hydrogen-bond donors (Lipinski definition) is 1. The van der Waals surface area contributed by atoms with Crippen LogP contribution in [0.1, 0.15) is 20.3 Å². The molecule has 2 rings (SSSR count). The molecule has 0 amide bonds. The quantitative estimate of drug-likeness (QED) is 0.720. The summed E-state index contributed by atoms with van der Waals surface area (Å²) < 4.78 is 0. The van der Waals surface area contributed by atoms with E-state index in [1.807, 2.05) is 0 Å². The molecule has 0 aromatic carbocycles. The fraction of sp³-hybridized carbons (Fsp3) is 1.00. The van der Waals surface area contributed by atoms with Gasteiger partial charge in [0.15, 0.2) is 0 Å². The van der Waals surface area contributed by atoms with Gasteiger partial charge in [0.2, 0.25) is 0 Å². The number of hydrogen-bond acceptors (Lipinski definition) is 3. The smallest absolute Gasteiger partial charge is 0.0207 e. The van der Waals surface area contributed by atoms with Crippen molar-refractivity contribution in [3.63, 3.8) is 0 Å². The Morgan fingerprint density at radius 1 is 1.31 bits per heavy atom. The van der Waals surface area contributed by atoms with Gasteiger partial charge in [-0.15, -0.1) is 0 Å². The van der Waals surface area contributed by atoms with Gasteiger partial charge in [-0.3, -0.25) is 4.90 Å². The van der Waals surface area contributed by atoms with Gasteiger partial charge in [0.1, 0.15) is 0 Å². The van der Waals surface area contributed by atoms with E-state index in [4.69, 9.17) is 0 Å². The lowest BCUT2D eigenvalue weighted by atomic mass is 10.1. The summed E-state index contributed by atoms with van der Waals surface area (Å²) in [5, 5.41) is 5.12. The minimum absolute atomic E-state index is 0.794. The molecule has 0 spiro atoms. The highest BCUT2D eigenvalue weighted by Crippen LogP contribution is 2.25. The third kappa shape index (κ3) is 2.61. The highest BCUT2D eigenvalue weighted by molar-refractivity contribution is 8.00. The van der Waals surface area contributed by atoms with Gasteiger partial charge in [-0.05, 0) is 13.0 Å². The van der Waals surface area contributed by atoms with Crippen LogP contribution >= 0.6 is 11.8 Å². The van der Waals surface area contributed by atoms with Crippen molar-refractivity contribution >= 4 is 11.8 Å². The molecule has 2 aliphatic heterocycles. The van der Waals surface area contributed by atoms with Crippen LogP contribution in [0.5, 0.6) is 0 Å². The fourth-order valence-electron chi connectivity index (χ4n) is 2.25. The van der Waals surface area contributed by atoms with E-state index in [-0.39, 0.29) is 0 Å². The lowest BCUT2D eigenvalue weighted by Gasteiger charge is -2.39. The van der Waals surface area contributed by atoms with Crippen molar-refractivity contribution in [1.29, 1.82) is 0 Å². The molecule has 13 heavy (non-hydrogen) atoms. The minimum atomic E-state index is 0.794. The lowest BCUT2D eigenvalue weighted by Crippen LogP contribution is -2.53. The van der Waals surface area contributed by atoms with Gasteiger partial charge in [-0.25, -0.2) is 0 Å². The summed E-state index contributed by atoms with van der Waals surface area (Å²) in [5.74, 6) is 0. The van der Waals surface area contributed by atoms with E-state index in [1.54, 1.807) is 0 Å². The van der Waals surface area contributed by atoms with Gasteiger partial charge in [-0.2, -0.15) is 11.8 Å². The van der Waals surface area contributed by atoms with Gasteiger partial charge >= 0.3 is 0 Å². The van der Waals surface area contributed by atoms with E-state index in [0.717, 1.165) is 16.5 Å². The number of thioether (sulfide) groups is 1. The van der Waals surface area contributed by atoms with E-state index >= 15 is 0 Å². The maximum Gasteiger partial charge on any atom is 0.0207 e. The van der Waals surface area contributed by atoms with E-state index in [1.165, 1.54) is 32.6 Å². The molecule has 0 aliphatic carbocycles. The second-order valence-electron chi connectivity index (χ2n) is 4.42. The second-order valence-corrected chi connectivity index (χ2v) is 6.30. The Morgan fingerprint density at radius 3 is 2.38 bits per heavy atom. The standard InChI is InChI=1S/C10H20N2S/c1-8-5-12(6-9(2)13-8)7-10-3-4-11-10/h8-11H,3-7H2,1-2H3. The molecule has 2 saturated heterocycles. The first kappa shape index (κ1) is 9.81. The summed E-state index contributed by atoms with van der Waals surface area (Å²) in [6.45, 7) is 9.77. The van der Waals surface area contributed by atoms with Crippen LogP contribution in [-0.4, -0.2) is 47.6 Å². The van der Waals surface area contributed by atoms with Gasteiger partial charge in [0.25, 0.3) is 0 Å². The summed E-state index contributed by atoms with van der Waals surface area (Å²) in [7, 11) is 0. The molecular weight excluding hydrogens is 180 g/mol. The van der Waals surface area contributed by atoms with Crippen molar-refractivity contribution < 1.29 is 0 Å². The first-order valence-electron chi connectivity index (χ1n) is 5.35. The van der Waals surface area contributed by atoms with Crippen molar-refractivity contribution in [2.75, 3.05) is 26.2 Å². The molecule has 76 valence electrons. The molecule has 0 radical (unpaired) electrons. The maximum absolute atomic E-state index is 3.47. The zero-order valence-electron chi connectivity index (χ0n) is 8.62. The van der Waals surface area contributed by atoms with Crippen LogP contribution < -0.4 is 5.32 Å². The zero-order chi connectivity index (χ0) is 9.26. The number of nitrogens with zero attached hydrogens (tertiary/aromatic N) is 1. The van der Waals surface area contributed by atoms with Crippen molar-refractivity contribution in [2.24, 2.45) is 0 Å². The van der Waals surface area contributed by atoms with E-state index < -0.39 is 0 Å². The topological polar surface area (TPSA) is 15.3 Å². The Labute approximate surface area is 85.4 Å². The van der Waals surface area contributed by atoms with Crippen LogP contribution in [0.25, 0.3) is 0 Å². The van der Waals surface area contributed by atoms with E-state index in [2.05, 4.69) is 35.8 Å². The summed E-state index contributed by atoms with van der Waals surface area (Å²) in [6.07, 6.45) is 1.38. The van der Waals surface area contributed by atoms with Crippen LogP contribution in [0.3, 0.4) is 0 Å². The predicted molar refractivity (Wildman–Crippen MR) is 59.4 cm³/mol. The van der Waals surface area contributed by atoms with Crippen molar-refractivity contribution in [3.8, 4) is 0 Å². The van der Waals surface area contributed by atoms with Crippen LogP contribution in [0.15, 0.2) is 0 Å². The van der Waals surface area contributed by atoms with Crippen LogP contribution in [0, 0.1) is 0 Å². The van der Waals surface area contributed by atoms with Crippen LogP contribution in [-0.2, 0) is 0 Å². The molecule has 3 atom stereocenters. The first-order valence-corrected chi connectivity index (χ1v) is 6.29. The van der Waals surface area contributed by atoms with Gasteiger partial charge in [0.05, 0.1) is 0 Å². The third-order valence-electron chi connectivity index (χ3n) is 2.90. The normalized spacial score (nSPS) is 41.5. The van der Waals surface area contributed by atoms with Gasteiger partial charge in [0, 0.05) is 36.2 Å².